The van der Waals surface area contributed by atoms with E-state index < -0.39 is 5.82 Å². The van der Waals surface area contributed by atoms with Crippen LogP contribution in [-0.2, 0) is 7.05 Å². The van der Waals surface area contributed by atoms with E-state index in [1.165, 1.54) is 22.8 Å². The molecule has 0 aliphatic rings. The molecule has 0 fully saturated rings. The summed E-state index contributed by atoms with van der Waals surface area (Å²) in [5.41, 5.74) is 0.934. The number of halogens is 1. The highest BCUT2D eigenvalue weighted by atomic mass is 19.1. The van der Waals surface area contributed by atoms with Crippen LogP contribution in [0.5, 0.6) is 5.75 Å². The topological polar surface area (TPSA) is 42.2 Å². The standard InChI is InChI=1S/C13H12FNO2/c1-8-5-11(14)10(7-12(8)16)9-3-4-15(2)13(17)6-9/h3-7,16H,1-2H3. The van der Waals surface area contributed by atoms with Gasteiger partial charge in [0, 0.05) is 24.9 Å². The van der Waals surface area contributed by atoms with Crippen LogP contribution in [0.4, 0.5) is 4.39 Å². The first kappa shape index (κ1) is 11.4. The molecule has 4 heteroatoms. The first-order chi connectivity index (χ1) is 7.99. The summed E-state index contributed by atoms with van der Waals surface area (Å²) < 4.78 is 15.1. The summed E-state index contributed by atoms with van der Waals surface area (Å²) >= 11 is 0. The minimum absolute atomic E-state index is 0.0158. The van der Waals surface area contributed by atoms with Crippen molar-refractivity contribution >= 4 is 0 Å². The van der Waals surface area contributed by atoms with E-state index in [9.17, 15) is 14.3 Å². The first-order valence-corrected chi connectivity index (χ1v) is 5.15. The fourth-order valence-electron chi connectivity index (χ4n) is 1.60. The Morgan fingerprint density at radius 1 is 1.29 bits per heavy atom. The molecule has 0 bridgehead atoms. The Hall–Kier alpha value is -2.10. The van der Waals surface area contributed by atoms with E-state index in [1.54, 1.807) is 26.2 Å². The Balaban J connectivity index is 2.64. The van der Waals surface area contributed by atoms with Crippen molar-refractivity contribution in [2.24, 2.45) is 7.05 Å². The van der Waals surface area contributed by atoms with Gasteiger partial charge in [-0.1, -0.05) is 0 Å². The van der Waals surface area contributed by atoms with Gasteiger partial charge in [0.15, 0.2) is 0 Å². The van der Waals surface area contributed by atoms with Crippen molar-refractivity contribution in [1.82, 2.24) is 4.57 Å². The Morgan fingerprint density at radius 2 is 2.00 bits per heavy atom. The van der Waals surface area contributed by atoms with Gasteiger partial charge < -0.3 is 9.67 Å². The number of nitrogens with zero attached hydrogens (tertiary/aromatic N) is 1. The first-order valence-electron chi connectivity index (χ1n) is 5.15. The molecule has 88 valence electrons. The lowest BCUT2D eigenvalue weighted by Gasteiger charge is -2.07. The van der Waals surface area contributed by atoms with Crippen LogP contribution in [0.3, 0.4) is 0 Å². The largest absolute Gasteiger partial charge is 0.508 e. The summed E-state index contributed by atoms with van der Waals surface area (Å²) in [7, 11) is 1.62. The fraction of sp³-hybridized carbons (Fsp3) is 0.154. The zero-order chi connectivity index (χ0) is 12.6. The van der Waals surface area contributed by atoms with Gasteiger partial charge in [0.1, 0.15) is 11.6 Å². The molecule has 1 N–H and O–H groups in total. The Morgan fingerprint density at radius 3 is 2.65 bits per heavy atom. The van der Waals surface area contributed by atoms with Crippen LogP contribution in [0.2, 0.25) is 0 Å². The van der Waals surface area contributed by atoms with Crippen LogP contribution in [0, 0.1) is 12.7 Å². The van der Waals surface area contributed by atoms with Crippen LogP contribution in [-0.4, -0.2) is 9.67 Å². The molecular weight excluding hydrogens is 221 g/mol. The molecule has 1 heterocycles. The van der Waals surface area contributed by atoms with Crippen molar-refractivity contribution in [3.8, 4) is 16.9 Å². The zero-order valence-corrected chi connectivity index (χ0v) is 9.57. The lowest BCUT2D eigenvalue weighted by molar-refractivity contribution is 0.469. The number of hydrogen-bond acceptors (Lipinski definition) is 2. The van der Waals surface area contributed by atoms with Gasteiger partial charge in [0.25, 0.3) is 5.56 Å². The lowest BCUT2D eigenvalue weighted by atomic mass is 10.0. The Labute approximate surface area is 97.8 Å². The summed E-state index contributed by atoms with van der Waals surface area (Å²) in [6, 6.07) is 5.56. The highest BCUT2D eigenvalue weighted by molar-refractivity contribution is 5.66. The van der Waals surface area contributed by atoms with Crippen molar-refractivity contribution in [1.29, 1.82) is 0 Å². The second-order valence-corrected chi connectivity index (χ2v) is 3.98. The van der Waals surface area contributed by atoms with Gasteiger partial charge in [-0.3, -0.25) is 4.79 Å². The predicted octanol–water partition coefficient (Wildman–Crippen LogP) is 2.21. The fourth-order valence-corrected chi connectivity index (χ4v) is 1.60. The SMILES string of the molecule is Cc1cc(F)c(-c2ccn(C)c(=O)c2)cc1O. The molecule has 0 aliphatic heterocycles. The highest BCUT2D eigenvalue weighted by Crippen LogP contribution is 2.28. The smallest absolute Gasteiger partial charge is 0.250 e. The van der Waals surface area contributed by atoms with Crippen LogP contribution in [0.1, 0.15) is 5.56 Å². The summed E-state index contributed by atoms with van der Waals surface area (Å²) in [4.78, 5) is 11.5. The third kappa shape index (κ3) is 2.06. The second-order valence-electron chi connectivity index (χ2n) is 3.98. The monoisotopic (exact) mass is 233 g/mol. The third-order valence-corrected chi connectivity index (χ3v) is 2.70. The van der Waals surface area contributed by atoms with E-state index in [1.807, 2.05) is 0 Å². The molecule has 0 radical (unpaired) electrons. The van der Waals surface area contributed by atoms with Crippen molar-refractivity contribution in [3.63, 3.8) is 0 Å². The van der Waals surface area contributed by atoms with E-state index in [4.69, 9.17) is 0 Å². The number of phenolic OH excluding ortho intramolecular Hbond substituents is 1. The quantitative estimate of drug-likeness (QED) is 0.820. The third-order valence-electron chi connectivity index (χ3n) is 2.70. The van der Waals surface area contributed by atoms with Crippen molar-refractivity contribution in [3.05, 3.63) is 52.2 Å². The van der Waals surface area contributed by atoms with Gasteiger partial charge in [-0.15, -0.1) is 0 Å². The molecule has 2 rings (SSSR count). The van der Waals surface area contributed by atoms with Gasteiger partial charge >= 0.3 is 0 Å². The molecule has 17 heavy (non-hydrogen) atoms. The molecule has 0 saturated carbocycles. The van der Waals surface area contributed by atoms with E-state index in [0.717, 1.165) is 0 Å². The molecule has 3 nitrogen and oxygen atoms in total. The van der Waals surface area contributed by atoms with E-state index in [-0.39, 0.29) is 16.9 Å². The number of benzene rings is 1. The van der Waals surface area contributed by atoms with Crippen molar-refractivity contribution in [2.45, 2.75) is 6.92 Å². The molecule has 0 saturated heterocycles. The number of aromatic hydroxyl groups is 1. The van der Waals surface area contributed by atoms with Crippen LogP contribution < -0.4 is 5.56 Å². The highest BCUT2D eigenvalue weighted by Gasteiger charge is 2.09. The van der Waals surface area contributed by atoms with Crippen LogP contribution >= 0.6 is 0 Å². The normalized spacial score (nSPS) is 10.5. The number of rotatable bonds is 1. The number of pyridine rings is 1. The lowest BCUT2D eigenvalue weighted by Crippen LogP contribution is -2.14. The maximum absolute atomic E-state index is 13.7. The average molecular weight is 233 g/mol. The molecule has 1 aromatic heterocycles. The van der Waals surface area contributed by atoms with Crippen molar-refractivity contribution in [2.75, 3.05) is 0 Å². The molecular formula is C13H12FNO2. The summed E-state index contributed by atoms with van der Waals surface area (Å²) in [5.74, 6) is -0.435. The second kappa shape index (κ2) is 4.05. The van der Waals surface area contributed by atoms with Gasteiger partial charge in [-0.2, -0.15) is 0 Å². The maximum Gasteiger partial charge on any atom is 0.250 e. The van der Waals surface area contributed by atoms with Gasteiger partial charge in [-0.25, -0.2) is 4.39 Å². The summed E-state index contributed by atoms with van der Waals surface area (Å²) in [5, 5.41) is 9.56. The number of hydrogen-bond donors (Lipinski definition) is 1. The van der Waals surface area contributed by atoms with Gasteiger partial charge in [-0.05, 0) is 36.2 Å². The number of aryl methyl sites for hydroxylation is 2. The molecule has 0 aliphatic carbocycles. The molecule has 0 spiro atoms. The molecule has 0 atom stereocenters. The summed E-state index contributed by atoms with van der Waals surface area (Å²) in [6.45, 7) is 1.62. The zero-order valence-electron chi connectivity index (χ0n) is 9.57. The van der Waals surface area contributed by atoms with Crippen LogP contribution in [0.25, 0.3) is 11.1 Å². The van der Waals surface area contributed by atoms with E-state index >= 15 is 0 Å². The Bertz CT molecular complexity index is 632. The molecule has 1 aromatic carbocycles. The van der Waals surface area contributed by atoms with Crippen molar-refractivity contribution < 1.29 is 9.50 Å². The predicted molar refractivity (Wildman–Crippen MR) is 63.5 cm³/mol. The summed E-state index contributed by atoms with van der Waals surface area (Å²) in [6.07, 6.45) is 1.56. The number of phenols is 1. The number of aromatic nitrogens is 1. The van der Waals surface area contributed by atoms with Gasteiger partial charge in [0.05, 0.1) is 0 Å². The minimum atomic E-state index is -0.450. The molecule has 0 unspecified atom stereocenters. The average Bonchev–Trinajstić information content (AvgIpc) is 2.27. The maximum atomic E-state index is 13.7. The van der Waals surface area contributed by atoms with E-state index in [2.05, 4.69) is 0 Å². The molecule has 0 amide bonds. The van der Waals surface area contributed by atoms with Gasteiger partial charge in [0.2, 0.25) is 0 Å². The van der Waals surface area contributed by atoms with Crippen LogP contribution in [0.15, 0.2) is 35.3 Å². The Kier molecular flexibility index (Phi) is 2.71. The molecule has 2 aromatic rings. The minimum Gasteiger partial charge on any atom is -0.508 e. The van der Waals surface area contributed by atoms with E-state index in [0.29, 0.717) is 11.1 Å².